The Morgan fingerprint density at radius 3 is 2.00 bits per heavy atom. The number of aliphatic hydroxyl groups is 1. The van der Waals surface area contributed by atoms with Crippen molar-refractivity contribution in [1.82, 2.24) is 16.0 Å². The van der Waals surface area contributed by atoms with E-state index in [-0.39, 0.29) is 50.2 Å². The molecule has 0 saturated heterocycles. The molecule has 2 bridgehead atoms. The molecule has 13 nitrogen and oxygen atoms in total. The van der Waals surface area contributed by atoms with Crippen LogP contribution in [0.5, 0.6) is 11.5 Å². The fourth-order valence-electron chi connectivity index (χ4n) is 7.13. The maximum atomic E-state index is 14.6. The first-order valence-electron chi connectivity index (χ1n) is 19.9. The van der Waals surface area contributed by atoms with Gasteiger partial charge in [-0.15, -0.1) is 11.3 Å². The third-order valence-corrected chi connectivity index (χ3v) is 11.4. The number of ketones is 2. The van der Waals surface area contributed by atoms with Gasteiger partial charge >= 0.3 is 5.97 Å². The molecule has 2 aliphatic rings. The highest BCUT2D eigenvalue weighted by Crippen LogP contribution is 2.24. The molecule has 316 valence electrons. The number of carboxylic acids is 1. The second-order valence-electron chi connectivity index (χ2n) is 15.1. The molecular weight excluding hydrogens is 799 g/mol. The Hall–Kier alpha value is -6.64. The lowest BCUT2D eigenvalue weighted by Crippen LogP contribution is -2.54. The molecule has 0 saturated carbocycles. The van der Waals surface area contributed by atoms with Gasteiger partial charge in [-0.25, -0.2) is 4.79 Å². The highest BCUT2D eigenvalue weighted by atomic mass is 32.1. The zero-order valence-corrected chi connectivity index (χ0v) is 34.0. The minimum atomic E-state index is -1.63. The van der Waals surface area contributed by atoms with Gasteiger partial charge in [0.15, 0.2) is 11.6 Å². The van der Waals surface area contributed by atoms with Crippen LogP contribution in [0, 0.1) is 11.8 Å². The van der Waals surface area contributed by atoms with Crippen molar-refractivity contribution in [2.45, 2.75) is 56.7 Å². The Labute approximate surface area is 356 Å². The SMILES string of the molecule is O=C1COc2ccc(cc2)C[C@@H](C(=O)N[C@@H](CO)C(=O)O)CC(=O)[C@H](Cc2ccc(O)cc2)NC(=O)[C@@H](Cc2ccc(-c3ccccc3)cc2)NC(=O)[C@H](Cc2cccs2)C1. The van der Waals surface area contributed by atoms with Crippen LogP contribution in [0.2, 0.25) is 0 Å². The Balaban J connectivity index is 1.37. The summed E-state index contributed by atoms with van der Waals surface area (Å²) in [4.78, 5) is 83.0. The highest BCUT2D eigenvalue weighted by Gasteiger charge is 2.34. The normalized spacial score (nSPS) is 19.6. The number of aliphatic carboxylic acids is 1. The summed E-state index contributed by atoms with van der Waals surface area (Å²) in [5.74, 6) is -6.08. The number of benzene rings is 4. The number of carboxylic acid groups (broad SMARTS) is 1. The van der Waals surface area contributed by atoms with Gasteiger partial charge in [0.2, 0.25) is 17.7 Å². The molecule has 0 unspecified atom stereocenters. The summed E-state index contributed by atoms with van der Waals surface area (Å²) >= 11 is 1.44. The number of aromatic hydroxyl groups is 1. The summed E-state index contributed by atoms with van der Waals surface area (Å²) in [6, 6.07) is 29.4. The van der Waals surface area contributed by atoms with Gasteiger partial charge in [0, 0.05) is 36.0 Å². The number of aliphatic hydroxyl groups excluding tert-OH is 1. The van der Waals surface area contributed by atoms with Crippen LogP contribution in [-0.4, -0.2) is 81.9 Å². The molecule has 5 atom stereocenters. The molecule has 0 radical (unpaired) electrons. The Bertz CT molecular complexity index is 2280. The van der Waals surface area contributed by atoms with Gasteiger partial charge in [-0.05, 0) is 82.8 Å². The van der Waals surface area contributed by atoms with E-state index in [4.69, 9.17) is 4.74 Å². The lowest BCUT2D eigenvalue weighted by molar-refractivity contribution is -0.143. The standard InChI is InChI=1S/C47H47N3O10S/c51-27-42(47(58)59)50-44(55)34-21-29-12-18-38(19-13-29)60-28-37(53)24-35(25-39-7-4-20-61-39)45(56)49-41(23-30-8-14-33(15-9-30)32-5-2-1-3-6-32)46(57)48-40(43(54)26-34)22-31-10-16-36(52)17-11-31/h1-20,34-35,40-42,51-52H,21-28H2,(H,48,57)(H,49,56)(H,50,55)(H,58,59)/t34-,35+,40+,41-,42+/m1/s1. The molecule has 7 rings (SSSR count). The zero-order chi connectivity index (χ0) is 43.3. The lowest BCUT2D eigenvalue weighted by Gasteiger charge is -2.26. The quantitative estimate of drug-likeness (QED) is 0.110. The monoisotopic (exact) mass is 845 g/mol. The number of thiophene rings is 1. The topological polar surface area (TPSA) is 208 Å². The minimum Gasteiger partial charge on any atom is -0.508 e. The summed E-state index contributed by atoms with van der Waals surface area (Å²) in [5.41, 5.74) is 3.80. The highest BCUT2D eigenvalue weighted by molar-refractivity contribution is 7.09. The predicted molar refractivity (Wildman–Crippen MR) is 228 cm³/mol. The van der Waals surface area contributed by atoms with Crippen LogP contribution in [0.15, 0.2) is 121 Å². The van der Waals surface area contributed by atoms with E-state index in [1.165, 1.54) is 23.5 Å². The maximum Gasteiger partial charge on any atom is 0.328 e. The summed E-state index contributed by atoms with van der Waals surface area (Å²) in [5, 5.41) is 39.1. The van der Waals surface area contributed by atoms with E-state index >= 15 is 0 Å². The first-order valence-corrected chi connectivity index (χ1v) is 20.8. The average Bonchev–Trinajstić information content (AvgIpc) is 3.78. The number of fused-ring (bicyclic) bond motifs is 16. The van der Waals surface area contributed by atoms with Crippen molar-refractivity contribution in [3.05, 3.63) is 142 Å². The zero-order valence-electron chi connectivity index (χ0n) is 33.2. The number of amides is 3. The number of ether oxygens (including phenoxy) is 1. The number of carbonyl (C=O) groups excluding carboxylic acids is 5. The largest absolute Gasteiger partial charge is 0.508 e. The molecule has 6 N–H and O–H groups in total. The van der Waals surface area contributed by atoms with Gasteiger partial charge in [0.1, 0.15) is 30.2 Å². The molecule has 3 amide bonds. The smallest absolute Gasteiger partial charge is 0.328 e. The van der Waals surface area contributed by atoms with Crippen LogP contribution in [0.4, 0.5) is 0 Å². The molecule has 3 heterocycles. The summed E-state index contributed by atoms with van der Waals surface area (Å²) in [6.07, 6.45) is -0.453. The molecule has 1 aromatic heterocycles. The van der Waals surface area contributed by atoms with Gasteiger partial charge in [-0.1, -0.05) is 84.9 Å². The fraction of sp³-hybridized carbons (Fsp3) is 0.277. The molecule has 2 aliphatic heterocycles. The van der Waals surface area contributed by atoms with E-state index < -0.39 is 72.5 Å². The minimum absolute atomic E-state index is 0.0127. The Morgan fingerprint density at radius 2 is 1.36 bits per heavy atom. The third-order valence-electron chi connectivity index (χ3n) is 10.5. The number of hydrogen-bond acceptors (Lipinski definition) is 10. The van der Waals surface area contributed by atoms with E-state index in [1.54, 1.807) is 36.4 Å². The van der Waals surface area contributed by atoms with Crippen molar-refractivity contribution in [2.24, 2.45) is 11.8 Å². The van der Waals surface area contributed by atoms with Crippen molar-refractivity contribution in [2.75, 3.05) is 13.2 Å². The summed E-state index contributed by atoms with van der Waals surface area (Å²) in [7, 11) is 0. The van der Waals surface area contributed by atoms with E-state index in [9.17, 15) is 44.1 Å². The number of Topliss-reactive ketones (excluding diaryl/α,β-unsaturated/α-hetero) is 2. The van der Waals surface area contributed by atoms with Crippen LogP contribution in [0.3, 0.4) is 0 Å². The average molecular weight is 846 g/mol. The number of phenols is 1. The van der Waals surface area contributed by atoms with Crippen molar-refractivity contribution in [1.29, 1.82) is 0 Å². The second-order valence-corrected chi connectivity index (χ2v) is 16.1. The molecule has 5 aromatic rings. The Kier molecular flexibility index (Phi) is 15.2. The molecule has 14 heteroatoms. The summed E-state index contributed by atoms with van der Waals surface area (Å²) < 4.78 is 5.79. The molecule has 0 fully saturated rings. The third kappa shape index (κ3) is 12.7. The first-order chi connectivity index (χ1) is 29.4. The van der Waals surface area contributed by atoms with Crippen molar-refractivity contribution in [3.63, 3.8) is 0 Å². The van der Waals surface area contributed by atoms with Gasteiger partial charge in [-0.3, -0.25) is 24.0 Å². The molecule has 61 heavy (non-hydrogen) atoms. The van der Waals surface area contributed by atoms with E-state index in [0.29, 0.717) is 22.4 Å². The van der Waals surface area contributed by atoms with Crippen molar-refractivity contribution in [3.8, 4) is 22.6 Å². The van der Waals surface area contributed by atoms with Crippen LogP contribution in [-0.2, 0) is 54.5 Å². The molecule has 4 aromatic carbocycles. The van der Waals surface area contributed by atoms with E-state index in [1.807, 2.05) is 72.1 Å². The van der Waals surface area contributed by atoms with E-state index in [2.05, 4.69) is 16.0 Å². The molecule has 0 spiro atoms. The van der Waals surface area contributed by atoms with Gasteiger partial charge < -0.3 is 36.0 Å². The van der Waals surface area contributed by atoms with Crippen molar-refractivity contribution < 1.29 is 48.8 Å². The number of phenolic OH excluding ortho intramolecular Hbond substituents is 1. The molecular formula is C47H47N3O10S. The predicted octanol–water partition coefficient (Wildman–Crippen LogP) is 4.47. The van der Waals surface area contributed by atoms with E-state index in [0.717, 1.165) is 16.0 Å². The van der Waals surface area contributed by atoms with Crippen LogP contribution in [0.25, 0.3) is 11.1 Å². The van der Waals surface area contributed by atoms with Gasteiger partial charge in [0.05, 0.1) is 12.6 Å². The van der Waals surface area contributed by atoms with Crippen LogP contribution < -0.4 is 20.7 Å². The Morgan fingerprint density at radius 1 is 0.721 bits per heavy atom. The van der Waals surface area contributed by atoms with Crippen molar-refractivity contribution >= 4 is 46.6 Å². The number of carbonyl (C=O) groups is 6. The molecule has 0 aliphatic carbocycles. The number of nitrogens with one attached hydrogen (secondary N) is 3. The lowest BCUT2D eigenvalue weighted by atomic mass is 9.89. The maximum absolute atomic E-state index is 14.6. The first kappa shape index (κ1) is 43.9. The van der Waals surface area contributed by atoms with Crippen LogP contribution in [0.1, 0.15) is 34.4 Å². The number of rotatable bonds is 11. The van der Waals surface area contributed by atoms with Gasteiger partial charge in [0.25, 0.3) is 0 Å². The fourth-order valence-corrected chi connectivity index (χ4v) is 7.92. The second kappa shape index (κ2) is 21.1. The summed E-state index contributed by atoms with van der Waals surface area (Å²) in [6.45, 7) is -1.22. The number of hydrogen-bond donors (Lipinski definition) is 6. The van der Waals surface area contributed by atoms with Gasteiger partial charge in [-0.2, -0.15) is 0 Å². The van der Waals surface area contributed by atoms with Crippen LogP contribution >= 0.6 is 11.3 Å².